The average Bonchev–Trinajstić information content (AvgIpc) is 2.58. The molecular weight excluding hydrogens is 282 g/mol. The Morgan fingerprint density at radius 1 is 1.23 bits per heavy atom. The second kappa shape index (κ2) is 7.09. The highest BCUT2D eigenvalue weighted by molar-refractivity contribution is 5.40. The van der Waals surface area contributed by atoms with Crippen molar-refractivity contribution in [3.05, 3.63) is 42.4 Å². The summed E-state index contributed by atoms with van der Waals surface area (Å²) in [7, 11) is 0. The number of nitrogens with one attached hydrogen (secondary N) is 1. The number of fused-ring (bicyclic) bond motifs is 1. The molecule has 1 aromatic carbocycles. The number of hydrogen-bond donors (Lipinski definition) is 2. The molecule has 0 amide bonds. The molecule has 2 aromatic rings. The van der Waals surface area contributed by atoms with Crippen molar-refractivity contribution in [2.75, 3.05) is 25.1 Å². The van der Waals surface area contributed by atoms with Crippen LogP contribution in [0.4, 0.5) is 5.82 Å². The van der Waals surface area contributed by atoms with E-state index in [9.17, 15) is 0 Å². The molecule has 22 heavy (non-hydrogen) atoms. The molecule has 3 rings (SSSR count). The zero-order valence-electron chi connectivity index (χ0n) is 12.2. The predicted octanol–water partition coefficient (Wildman–Crippen LogP) is 1.65. The summed E-state index contributed by atoms with van der Waals surface area (Å²) < 4.78 is 11.6. The maximum Gasteiger partial charge on any atom is 0.161 e. The number of aromatic nitrogens is 2. The van der Waals surface area contributed by atoms with Crippen molar-refractivity contribution in [1.29, 1.82) is 0 Å². The van der Waals surface area contributed by atoms with E-state index >= 15 is 0 Å². The van der Waals surface area contributed by atoms with Crippen molar-refractivity contribution in [2.45, 2.75) is 18.9 Å². The molecule has 2 N–H and O–H groups in total. The van der Waals surface area contributed by atoms with Gasteiger partial charge in [-0.05, 0) is 25.0 Å². The van der Waals surface area contributed by atoms with Crippen molar-refractivity contribution in [3.63, 3.8) is 0 Å². The number of aliphatic hydroxyl groups excluding tert-OH is 1. The van der Waals surface area contributed by atoms with E-state index in [0.29, 0.717) is 13.2 Å². The molecule has 1 aliphatic rings. The molecule has 1 atom stereocenters. The van der Waals surface area contributed by atoms with Gasteiger partial charge in [-0.25, -0.2) is 9.97 Å². The number of aryl methyl sites for hydroxylation is 1. The van der Waals surface area contributed by atoms with Gasteiger partial charge in [0.2, 0.25) is 0 Å². The van der Waals surface area contributed by atoms with Crippen LogP contribution in [-0.4, -0.2) is 40.9 Å². The van der Waals surface area contributed by atoms with Gasteiger partial charge in [0.05, 0.1) is 6.61 Å². The van der Waals surface area contributed by atoms with Crippen LogP contribution in [0.2, 0.25) is 0 Å². The first-order chi connectivity index (χ1) is 10.8. The largest absolute Gasteiger partial charge is 0.486 e. The van der Waals surface area contributed by atoms with Gasteiger partial charge in [0.15, 0.2) is 11.5 Å². The quantitative estimate of drug-likeness (QED) is 0.845. The molecule has 116 valence electrons. The van der Waals surface area contributed by atoms with Gasteiger partial charge < -0.3 is 19.9 Å². The molecule has 0 fully saturated rings. The Kier molecular flexibility index (Phi) is 4.70. The van der Waals surface area contributed by atoms with Crippen molar-refractivity contribution in [3.8, 4) is 11.5 Å². The molecule has 0 radical (unpaired) electrons. The van der Waals surface area contributed by atoms with E-state index < -0.39 is 0 Å². The number of ether oxygens (including phenoxy) is 2. The minimum atomic E-state index is 0.0266. The van der Waals surface area contributed by atoms with Gasteiger partial charge in [0.25, 0.3) is 0 Å². The van der Waals surface area contributed by atoms with Crippen LogP contribution in [0.25, 0.3) is 0 Å². The monoisotopic (exact) mass is 301 g/mol. The summed E-state index contributed by atoms with van der Waals surface area (Å²) in [5.41, 5.74) is 0.942. The second-order valence-corrected chi connectivity index (χ2v) is 5.08. The van der Waals surface area contributed by atoms with Crippen molar-refractivity contribution in [1.82, 2.24) is 9.97 Å². The lowest BCUT2D eigenvalue weighted by Crippen LogP contribution is -2.29. The number of hydrogen-bond acceptors (Lipinski definition) is 6. The zero-order valence-corrected chi connectivity index (χ0v) is 12.2. The molecule has 1 aliphatic heterocycles. The molecule has 0 bridgehead atoms. The third-order valence-electron chi connectivity index (χ3n) is 3.43. The molecule has 6 nitrogen and oxygen atoms in total. The summed E-state index contributed by atoms with van der Waals surface area (Å²) in [6, 6.07) is 9.60. The zero-order chi connectivity index (χ0) is 15.2. The number of rotatable bonds is 6. The van der Waals surface area contributed by atoms with Crippen LogP contribution < -0.4 is 14.8 Å². The Morgan fingerprint density at radius 2 is 2.09 bits per heavy atom. The molecule has 1 unspecified atom stereocenters. The topological polar surface area (TPSA) is 76.5 Å². The smallest absolute Gasteiger partial charge is 0.161 e. The maximum atomic E-state index is 8.81. The lowest BCUT2D eigenvalue weighted by molar-refractivity contribution is 0.0849. The fraction of sp³-hybridized carbons (Fsp3) is 0.375. The highest BCUT2D eigenvalue weighted by Gasteiger charge is 2.20. The average molecular weight is 301 g/mol. The fourth-order valence-corrected chi connectivity index (χ4v) is 2.33. The SMILES string of the molecule is OCCNc1cc(CCC2COc3ccccc3O2)ncn1. The molecular formula is C16H19N3O3. The summed E-state index contributed by atoms with van der Waals surface area (Å²) in [4.78, 5) is 8.38. The minimum absolute atomic E-state index is 0.0266. The summed E-state index contributed by atoms with van der Waals surface area (Å²) in [5.74, 6) is 2.33. The first-order valence-corrected chi connectivity index (χ1v) is 7.39. The van der Waals surface area contributed by atoms with Gasteiger partial charge >= 0.3 is 0 Å². The minimum Gasteiger partial charge on any atom is -0.486 e. The molecule has 0 saturated heterocycles. The molecule has 1 aromatic heterocycles. The Labute approximate surface area is 129 Å². The first kappa shape index (κ1) is 14.6. The highest BCUT2D eigenvalue weighted by atomic mass is 16.6. The van der Waals surface area contributed by atoms with Crippen LogP contribution in [-0.2, 0) is 6.42 Å². The van der Waals surface area contributed by atoms with E-state index in [1.54, 1.807) is 0 Å². The molecule has 0 spiro atoms. The Balaban J connectivity index is 1.55. The van der Waals surface area contributed by atoms with Gasteiger partial charge in [0.1, 0.15) is 24.9 Å². The predicted molar refractivity (Wildman–Crippen MR) is 82.3 cm³/mol. The van der Waals surface area contributed by atoms with Crippen LogP contribution in [0, 0.1) is 0 Å². The fourth-order valence-electron chi connectivity index (χ4n) is 2.33. The summed E-state index contributed by atoms with van der Waals surface area (Å²) in [6.07, 6.45) is 3.17. The lowest BCUT2D eigenvalue weighted by Gasteiger charge is -2.26. The summed E-state index contributed by atoms with van der Waals surface area (Å²) >= 11 is 0. The Hall–Kier alpha value is -2.34. The normalized spacial score (nSPS) is 16.3. The number of nitrogens with zero attached hydrogens (tertiary/aromatic N) is 2. The van der Waals surface area contributed by atoms with Crippen LogP contribution in [0.5, 0.6) is 11.5 Å². The van der Waals surface area contributed by atoms with Crippen LogP contribution >= 0.6 is 0 Å². The van der Waals surface area contributed by atoms with E-state index in [0.717, 1.165) is 35.9 Å². The van der Waals surface area contributed by atoms with Gasteiger partial charge in [-0.2, -0.15) is 0 Å². The molecule has 2 heterocycles. The van der Waals surface area contributed by atoms with Crippen LogP contribution in [0.1, 0.15) is 12.1 Å². The molecule has 0 aliphatic carbocycles. The third kappa shape index (κ3) is 3.65. The van der Waals surface area contributed by atoms with E-state index in [1.807, 2.05) is 30.3 Å². The van der Waals surface area contributed by atoms with Crippen molar-refractivity contribution in [2.24, 2.45) is 0 Å². The van der Waals surface area contributed by atoms with E-state index in [4.69, 9.17) is 14.6 Å². The van der Waals surface area contributed by atoms with Gasteiger partial charge in [0, 0.05) is 18.3 Å². The van der Waals surface area contributed by atoms with E-state index in [2.05, 4.69) is 15.3 Å². The van der Waals surface area contributed by atoms with Crippen molar-refractivity contribution < 1.29 is 14.6 Å². The van der Waals surface area contributed by atoms with E-state index in [1.165, 1.54) is 6.33 Å². The van der Waals surface area contributed by atoms with Crippen molar-refractivity contribution >= 4 is 5.82 Å². The number of benzene rings is 1. The first-order valence-electron chi connectivity index (χ1n) is 7.39. The third-order valence-corrected chi connectivity index (χ3v) is 3.43. The molecule has 0 saturated carbocycles. The summed E-state index contributed by atoms with van der Waals surface area (Å²) in [5, 5.41) is 11.8. The molecule has 6 heteroatoms. The number of aliphatic hydroxyl groups is 1. The standard InChI is InChI=1S/C16H19N3O3/c20-8-7-17-16-9-12(18-11-19-16)5-6-13-10-21-14-3-1-2-4-15(14)22-13/h1-4,9,11,13,20H,5-8,10H2,(H,17,18,19). The Bertz CT molecular complexity index is 621. The highest BCUT2D eigenvalue weighted by Crippen LogP contribution is 2.31. The van der Waals surface area contributed by atoms with Crippen LogP contribution in [0.15, 0.2) is 36.7 Å². The number of para-hydroxylation sites is 2. The Morgan fingerprint density at radius 3 is 2.95 bits per heavy atom. The lowest BCUT2D eigenvalue weighted by atomic mass is 10.1. The number of anilines is 1. The van der Waals surface area contributed by atoms with E-state index in [-0.39, 0.29) is 12.7 Å². The maximum absolute atomic E-state index is 8.81. The van der Waals surface area contributed by atoms with Gasteiger partial charge in [-0.3, -0.25) is 0 Å². The van der Waals surface area contributed by atoms with Gasteiger partial charge in [-0.15, -0.1) is 0 Å². The van der Waals surface area contributed by atoms with Crippen LogP contribution in [0.3, 0.4) is 0 Å². The second-order valence-electron chi connectivity index (χ2n) is 5.08. The summed E-state index contributed by atoms with van der Waals surface area (Å²) in [6.45, 7) is 1.11. The van der Waals surface area contributed by atoms with Gasteiger partial charge in [-0.1, -0.05) is 12.1 Å².